The van der Waals surface area contributed by atoms with Gasteiger partial charge in [-0.25, -0.2) is 5.84 Å². The lowest BCUT2D eigenvalue weighted by Gasteiger charge is -2.11. The molecule has 2 aromatic rings. The lowest BCUT2D eigenvalue weighted by atomic mass is 10.1. The zero-order chi connectivity index (χ0) is 9.71. The fourth-order valence-electron chi connectivity index (χ4n) is 1.94. The molecule has 0 spiro atoms. The molecule has 2 N–H and O–H groups in total. The third kappa shape index (κ3) is 0.806. The van der Waals surface area contributed by atoms with E-state index in [2.05, 4.69) is 12.1 Å². The molecular formula is C11H8N2S. The minimum absolute atomic E-state index is 0.705. The van der Waals surface area contributed by atoms with E-state index in [9.17, 15) is 0 Å². The first kappa shape index (κ1) is 7.91. The number of benzene rings is 2. The van der Waals surface area contributed by atoms with E-state index in [1.165, 1.54) is 10.8 Å². The van der Waals surface area contributed by atoms with Crippen LogP contribution in [0.5, 0.6) is 0 Å². The molecule has 1 aliphatic rings. The molecular weight excluding hydrogens is 192 g/mol. The molecule has 3 rings (SSSR count). The Morgan fingerprint density at radius 2 is 1.79 bits per heavy atom. The molecule has 0 amide bonds. The normalized spacial score (nSPS) is 14.1. The summed E-state index contributed by atoms with van der Waals surface area (Å²) in [7, 11) is 0. The zero-order valence-electron chi connectivity index (χ0n) is 7.40. The van der Waals surface area contributed by atoms with Gasteiger partial charge in [-0.1, -0.05) is 42.5 Å². The van der Waals surface area contributed by atoms with Gasteiger partial charge in [-0.3, -0.25) is 5.01 Å². The van der Waals surface area contributed by atoms with Crippen molar-refractivity contribution in [3.8, 4) is 0 Å². The largest absolute Gasteiger partial charge is 0.268 e. The Hall–Kier alpha value is -1.45. The molecule has 0 fully saturated rings. The average molecular weight is 200 g/mol. The summed E-state index contributed by atoms with van der Waals surface area (Å²) in [4.78, 5) is 0.705. The summed E-state index contributed by atoms with van der Waals surface area (Å²) >= 11 is 5.26. The Balaban J connectivity index is 2.55. The lowest BCUT2D eigenvalue weighted by molar-refractivity contribution is 1.18. The van der Waals surface area contributed by atoms with Gasteiger partial charge < -0.3 is 0 Å². The molecule has 0 bridgehead atoms. The second-order valence-corrected chi connectivity index (χ2v) is 3.74. The number of nitrogens with two attached hydrogens (primary N) is 1. The molecule has 3 heteroatoms. The standard InChI is InChI=1S/C11H8N2S/c12-13-9-6-2-4-7-3-1-5-8(10(7)9)11(13)14/h1-6H,12H2. The summed E-state index contributed by atoms with van der Waals surface area (Å²) in [5, 5.41) is 3.94. The van der Waals surface area contributed by atoms with Crippen LogP contribution in [-0.2, 0) is 0 Å². The van der Waals surface area contributed by atoms with Crippen LogP contribution in [0.15, 0.2) is 36.4 Å². The number of thiocarbonyl (C=S) groups is 1. The second kappa shape index (κ2) is 2.53. The molecule has 0 radical (unpaired) electrons. The highest BCUT2D eigenvalue weighted by Crippen LogP contribution is 2.35. The predicted molar refractivity (Wildman–Crippen MR) is 62.3 cm³/mol. The van der Waals surface area contributed by atoms with Crippen molar-refractivity contribution in [3.05, 3.63) is 42.0 Å². The van der Waals surface area contributed by atoms with Gasteiger partial charge in [0.2, 0.25) is 0 Å². The molecule has 1 heterocycles. The molecule has 0 aliphatic carbocycles. The number of rotatable bonds is 0. The minimum atomic E-state index is 0.705. The van der Waals surface area contributed by atoms with Crippen molar-refractivity contribution in [1.82, 2.24) is 0 Å². The first-order chi connectivity index (χ1) is 6.79. The number of hydrazine groups is 1. The number of nitrogens with zero attached hydrogens (tertiary/aromatic N) is 1. The van der Waals surface area contributed by atoms with Gasteiger partial charge in [0.25, 0.3) is 0 Å². The maximum atomic E-state index is 5.88. The van der Waals surface area contributed by atoms with Crippen LogP contribution >= 0.6 is 12.2 Å². The molecule has 0 atom stereocenters. The van der Waals surface area contributed by atoms with Gasteiger partial charge in [0.05, 0.1) is 5.69 Å². The highest BCUT2D eigenvalue weighted by Gasteiger charge is 2.23. The maximum absolute atomic E-state index is 5.88. The van der Waals surface area contributed by atoms with Crippen molar-refractivity contribution < 1.29 is 0 Å². The summed E-state index contributed by atoms with van der Waals surface area (Å²) in [5.41, 5.74) is 2.07. The summed E-state index contributed by atoms with van der Waals surface area (Å²) < 4.78 is 0. The highest BCUT2D eigenvalue weighted by molar-refractivity contribution is 7.81. The van der Waals surface area contributed by atoms with Gasteiger partial charge in [-0.15, -0.1) is 0 Å². The van der Waals surface area contributed by atoms with Gasteiger partial charge >= 0.3 is 0 Å². The number of anilines is 1. The molecule has 0 saturated carbocycles. The van der Waals surface area contributed by atoms with E-state index in [0.717, 1.165) is 11.3 Å². The van der Waals surface area contributed by atoms with Crippen LogP contribution < -0.4 is 10.9 Å². The Bertz CT molecular complexity index is 543. The maximum Gasteiger partial charge on any atom is 0.128 e. The summed E-state index contributed by atoms with van der Waals surface area (Å²) in [5.74, 6) is 5.88. The first-order valence-electron chi connectivity index (χ1n) is 4.40. The fraction of sp³-hybridized carbons (Fsp3) is 0. The Labute approximate surface area is 86.9 Å². The Morgan fingerprint density at radius 1 is 1.07 bits per heavy atom. The van der Waals surface area contributed by atoms with Crippen LogP contribution in [0.3, 0.4) is 0 Å². The van der Waals surface area contributed by atoms with Crippen molar-refractivity contribution in [2.24, 2.45) is 5.84 Å². The molecule has 2 nitrogen and oxygen atoms in total. The third-order valence-electron chi connectivity index (χ3n) is 2.59. The second-order valence-electron chi connectivity index (χ2n) is 3.36. The van der Waals surface area contributed by atoms with Crippen LogP contribution in [0.2, 0.25) is 0 Å². The smallest absolute Gasteiger partial charge is 0.128 e. The first-order valence-corrected chi connectivity index (χ1v) is 4.81. The van der Waals surface area contributed by atoms with Crippen molar-refractivity contribution in [3.63, 3.8) is 0 Å². The molecule has 0 unspecified atom stereocenters. The summed E-state index contributed by atoms with van der Waals surface area (Å²) in [6, 6.07) is 12.2. The van der Waals surface area contributed by atoms with E-state index in [1.807, 2.05) is 24.3 Å². The van der Waals surface area contributed by atoms with Crippen LogP contribution in [0.4, 0.5) is 5.69 Å². The molecule has 2 aromatic carbocycles. The third-order valence-corrected chi connectivity index (χ3v) is 3.01. The van der Waals surface area contributed by atoms with E-state index >= 15 is 0 Å². The van der Waals surface area contributed by atoms with E-state index in [1.54, 1.807) is 5.01 Å². The number of hydrogen-bond donors (Lipinski definition) is 1. The van der Waals surface area contributed by atoms with Crippen LogP contribution in [0.1, 0.15) is 5.56 Å². The highest BCUT2D eigenvalue weighted by atomic mass is 32.1. The summed E-state index contributed by atoms with van der Waals surface area (Å²) in [6.45, 7) is 0. The van der Waals surface area contributed by atoms with E-state index in [-0.39, 0.29) is 0 Å². The molecule has 0 aromatic heterocycles. The number of hydrogen-bond acceptors (Lipinski definition) is 2. The van der Waals surface area contributed by atoms with Gasteiger partial charge in [0.15, 0.2) is 0 Å². The van der Waals surface area contributed by atoms with Gasteiger partial charge in [0, 0.05) is 10.9 Å². The van der Waals surface area contributed by atoms with Crippen LogP contribution in [0, 0.1) is 0 Å². The minimum Gasteiger partial charge on any atom is -0.268 e. The van der Waals surface area contributed by atoms with Gasteiger partial charge in [0.1, 0.15) is 4.99 Å². The average Bonchev–Trinajstić information content (AvgIpc) is 2.47. The van der Waals surface area contributed by atoms with Crippen LogP contribution in [-0.4, -0.2) is 4.99 Å². The topological polar surface area (TPSA) is 29.3 Å². The van der Waals surface area contributed by atoms with Gasteiger partial charge in [-0.2, -0.15) is 0 Å². The van der Waals surface area contributed by atoms with Gasteiger partial charge in [-0.05, 0) is 11.5 Å². The zero-order valence-corrected chi connectivity index (χ0v) is 8.21. The predicted octanol–water partition coefficient (Wildman–Crippen LogP) is 2.21. The molecule has 1 aliphatic heterocycles. The Morgan fingerprint density at radius 3 is 2.57 bits per heavy atom. The SMILES string of the molecule is NN1C(=S)c2cccc3cccc1c23. The quantitative estimate of drug-likeness (QED) is 0.522. The van der Waals surface area contributed by atoms with E-state index in [0.29, 0.717) is 4.99 Å². The molecule has 14 heavy (non-hydrogen) atoms. The fourth-order valence-corrected chi connectivity index (χ4v) is 2.21. The van der Waals surface area contributed by atoms with E-state index in [4.69, 9.17) is 18.1 Å². The van der Waals surface area contributed by atoms with Crippen LogP contribution in [0.25, 0.3) is 10.8 Å². The summed E-state index contributed by atoms with van der Waals surface area (Å²) in [6.07, 6.45) is 0. The van der Waals surface area contributed by atoms with E-state index < -0.39 is 0 Å². The molecule has 68 valence electrons. The lowest BCUT2D eigenvalue weighted by Crippen LogP contribution is -2.32. The van der Waals surface area contributed by atoms with Crippen molar-refractivity contribution >= 4 is 33.7 Å². The van der Waals surface area contributed by atoms with Crippen molar-refractivity contribution in [2.75, 3.05) is 5.01 Å². The van der Waals surface area contributed by atoms with Crippen molar-refractivity contribution in [1.29, 1.82) is 0 Å². The van der Waals surface area contributed by atoms with Crippen molar-refractivity contribution in [2.45, 2.75) is 0 Å². The molecule has 0 saturated heterocycles. The Kier molecular flexibility index (Phi) is 1.43. The monoisotopic (exact) mass is 200 g/mol.